The van der Waals surface area contributed by atoms with Crippen molar-refractivity contribution in [2.45, 2.75) is 31.9 Å². The maximum absolute atomic E-state index is 14.1. The van der Waals surface area contributed by atoms with Gasteiger partial charge in [-0.2, -0.15) is 0 Å². The Morgan fingerprint density at radius 3 is 2.68 bits per heavy atom. The van der Waals surface area contributed by atoms with Crippen LogP contribution in [-0.2, 0) is 4.74 Å². The summed E-state index contributed by atoms with van der Waals surface area (Å²) in [6, 6.07) is 1.88. The molecule has 1 aromatic carbocycles. The maximum atomic E-state index is 14.1. The quantitative estimate of drug-likeness (QED) is 0.477. The Bertz CT molecular complexity index is 455. The number of hydrogen-bond acceptors (Lipinski definition) is 3. The normalized spacial score (nSPS) is 18.4. The second-order valence-corrected chi connectivity index (χ2v) is 5.51. The smallest absolute Gasteiger partial charge is 0.145 e. The van der Waals surface area contributed by atoms with E-state index in [0.717, 1.165) is 12.8 Å². The third-order valence-electron chi connectivity index (χ3n) is 3.34. The molecule has 1 aliphatic rings. The van der Waals surface area contributed by atoms with Crippen LogP contribution in [0.15, 0.2) is 16.6 Å². The van der Waals surface area contributed by atoms with E-state index in [4.69, 9.17) is 10.6 Å². The van der Waals surface area contributed by atoms with Gasteiger partial charge in [0.2, 0.25) is 0 Å². The van der Waals surface area contributed by atoms with Crippen molar-refractivity contribution in [1.82, 2.24) is 5.43 Å². The molecule has 106 valence electrons. The molecule has 0 radical (unpaired) electrons. The van der Waals surface area contributed by atoms with E-state index in [2.05, 4.69) is 21.4 Å². The van der Waals surface area contributed by atoms with Gasteiger partial charge in [-0.1, -0.05) is 0 Å². The maximum Gasteiger partial charge on any atom is 0.145 e. The number of rotatable bonds is 6. The van der Waals surface area contributed by atoms with Crippen LogP contribution < -0.4 is 11.3 Å². The highest BCUT2D eigenvalue weighted by atomic mass is 79.9. The summed E-state index contributed by atoms with van der Waals surface area (Å²) in [7, 11) is 0. The van der Waals surface area contributed by atoms with E-state index in [-0.39, 0.29) is 16.1 Å². The standard InChI is InChI=1S/C13H17BrF2N2O/c1-2-19-13(7-3-4-7)12(18-17)10-9(15)6-5-8(14)11(10)16/h5-7,12-13,18H,2-4,17H2,1H3. The Morgan fingerprint density at radius 1 is 1.47 bits per heavy atom. The van der Waals surface area contributed by atoms with E-state index in [1.165, 1.54) is 12.1 Å². The molecule has 1 fully saturated rings. The van der Waals surface area contributed by atoms with Crippen molar-refractivity contribution in [1.29, 1.82) is 0 Å². The number of hydrazine groups is 1. The molecule has 2 rings (SSSR count). The van der Waals surface area contributed by atoms with Crippen molar-refractivity contribution >= 4 is 15.9 Å². The lowest BCUT2D eigenvalue weighted by Crippen LogP contribution is -2.40. The first-order chi connectivity index (χ1) is 9.10. The Kier molecular flexibility index (Phi) is 4.89. The second kappa shape index (κ2) is 6.26. The Balaban J connectivity index is 2.37. The molecular formula is C13H17BrF2N2O. The zero-order chi connectivity index (χ0) is 14.0. The molecule has 0 bridgehead atoms. The topological polar surface area (TPSA) is 47.3 Å². The van der Waals surface area contributed by atoms with E-state index >= 15 is 0 Å². The third kappa shape index (κ3) is 3.13. The first kappa shape index (κ1) is 14.8. The molecule has 6 heteroatoms. The SMILES string of the molecule is CCOC(C1CC1)C(NN)c1c(F)ccc(Br)c1F. The zero-order valence-corrected chi connectivity index (χ0v) is 12.2. The van der Waals surface area contributed by atoms with E-state index in [0.29, 0.717) is 12.5 Å². The van der Waals surface area contributed by atoms with Gasteiger partial charge in [0, 0.05) is 12.2 Å². The fourth-order valence-corrected chi connectivity index (χ4v) is 2.64. The lowest BCUT2D eigenvalue weighted by atomic mass is 9.97. The molecule has 1 aromatic rings. The predicted molar refractivity (Wildman–Crippen MR) is 72.3 cm³/mol. The molecule has 3 nitrogen and oxygen atoms in total. The fourth-order valence-electron chi connectivity index (χ4n) is 2.29. The lowest BCUT2D eigenvalue weighted by Gasteiger charge is -2.27. The van der Waals surface area contributed by atoms with Crippen LogP contribution in [0.3, 0.4) is 0 Å². The molecule has 3 N–H and O–H groups in total. The van der Waals surface area contributed by atoms with E-state index in [9.17, 15) is 8.78 Å². The summed E-state index contributed by atoms with van der Waals surface area (Å²) in [4.78, 5) is 0. The van der Waals surface area contributed by atoms with E-state index in [1.807, 2.05) is 6.92 Å². The second-order valence-electron chi connectivity index (χ2n) is 4.66. The van der Waals surface area contributed by atoms with Crippen LogP contribution >= 0.6 is 15.9 Å². The van der Waals surface area contributed by atoms with E-state index in [1.54, 1.807) is 0 Å². The van der Waals surface area contributed by atoms with Crippen molar-refractivity contribution in [3.63, 3.8) is 0 Å². The van der Waals surface area contributed by atoms with Crippen molar-refractivity contribution in [3.8, 4) is 0 Å². The summed E-state index contributed by atoms with van der Waals surface area (Å²) in [5, 5.41) is 0. The van der Waals surface area contributed by atoms with Gasteiger partial charge in [0.05, 0.1) is 16.6 Å². The van der Waals surface area contributed by atoms with Crippen LogP contribution in [0.25, 0.3) is 0 Å². The van der Waals surface area contributed by atoms with Crippen LogP contribution in [0, 0.1) is 17.6 Å². The number of nitrogens with one attached hydrogen (secondary N) is 1. The third-order valence-corrected chi connectivity index (χ3v) is 3.96. The van der Waals surface area contributed by atoms with Gasteiger partial charge >= 0.3 is 0 Å². The van der Waals surface area contributed by atoms with Gasteiger partial charge in [-0.15, -0.1) is 0 Å². The van der Waals surface area contributed by atoms with Crippen molar-refractivity contribution in [2.75, 3.05) is 6.61 Å². The van der Waals surface area contributed by atoms with Gasteiger partial charge in [-0.3, -0.25) is 11.3 Å². The minimum atomic E-state index is -0.690. The Labute approximate surface area is 119 Å². The van der Waals surface area contributed by atoms with Crippen LogP contribution in [0.2, 0.25) is 0 Å². The van der Waals surface area contributed by atoms with Gasteiger partial charge in [-0.25, -0.2) is 8.78 Å². The molecule has 0 aliphatic heterocycles. The van der Waals surface area contributed by atoms with Gasteiger partial charge in [-0.05, 0) is 53.7 Å². The number of ether oxygens (including phenoxy) is 1. The van der Waals surface area contributed by atoms with Gasteiger partial charge in [0.25, 0.3) is 0 Å². The number of hydrogen-bond donors (Lipinski definition) is 2. The molecule has 0 aromatic heterocycles. The molecular weight excluding hydrogens is 318 g/mol. The van der Waals surface area contributed by atoms with E-state index < -0.39 is 17.7 Å². The molecule has 2 unspecified atom stereocenters. The van der Waals surface area contributed by atoms with Gasteiger partial charge in [0.1, 0.15) is 11.6 Å². The molecule has 1 aliphatic carbocycles. The minimum Gasteiger partial charge on any atom is -0.376 e. The highest BCUT2D eigenvalue weighted by molar-refractivity contribution is 9.10. The monoisotopic (exact) mass is 334 g/mol. The minimum absolute atomic E-state index is 0.0674. The van der Waals surface area contributed by atoms with Gasteiger partial charge in [0.15, 0.2) is 0 Å². The highest BCUT2D eigenvalue weighted by Gasteiger charge is 2.39. The average Bonchev–Trinajstić information content (AvgIpc) is 3.21. The summed E-state index contributed by atoms with van der Waals surface area (Å²) >= 11 is 3.07. The molecule has 0 heterocycles. The van der Waals surface area contributed by atoms with Crippen LogP contribution in [0.4, 0.5) is 8.78 Å². The van der Waals surface area contributed by atoms with Gasteiger partial charge < -0.3 is 4.74 Å². The molecule has 1 saturated carbocycles. The predicted octanol–water partition coefficient (Wildman–Crippen LogP) is 3.05. The summed E-state index contributed by atoms with van der Waals surface area (Å²) in [5.74, 6) is 4.57. The Hall–Kier alpha value is -0.560. The van der Waals surface area contributed by atoms with Crippen molar-refractivity contribution < 1.29 is 13.5 Å². The Morgan fingerprint density at radius 2 is 2.16 bits per heavy atom. The largest absolute Gasteiger partial charge is 0.376 e. The molecule has 2 atom stereocenters. The number of halogens is 3. The summed E-state index contributed by atoms with van der Waals surface area (Å²) in [6.07, 6.45) is 1.69. The average molecular weight is 335 g/mol. The number of benzene rings is 1. The lowest BCUT2D eigenvalue weighted by molar-refractivity contribution is 0.0167. The molecule has 0 saturated heterocycles. The summed E-state index contributed by atoms with van der Waals surface area (Å²) in [5.41, 5.74) is 2.44. The first-order valence-electron chi connectivity index (χ1n) is 6.31. The first-order valence-corrected chi connectivity index (χ1v) is 7.10. The van der Waals surface area contributed by atoms with Crippen LogP contribution in [0.5, 0.6) is 0 Å². The highest BCUT2D eigenvalue weighted by Crippen LogP contribution is 2.41. The van der Waals surface area contributed by atoms with Crippen molar-refractivity contribution in [3.05, 3.63) is 33.8 Å². The molecule has 19 heavy (non-hydrogen) atoms. The van der Waals surface area contributed by atoms with Crippen LogP contribution in [-0.4, -0.2) is 12.7 Å². The molecule has 0 spiro atoms. The summed E-state index contributed by atoms with van der Waals surface area (Å²) in [6.45, 7) is 2.34. The molecule has 0 amide bonds. The van der Waals surface area contributed by atoms with Crippen LogP contribution in [0.1, 0.15) is 31.4 Å². The zero-order valence-electron chi connectivity index (χ0n) is 10.6. The number of nitrogens with two attached hydrogens (primary N) is 1. The van der Waals surface area contributed by atoms with Crippen molar-refractivity contribution in [2.24, 2.45) is 11.8 Å². The fraction of sp³-hybridized carbons (Fsp3) is 0.538. The summed E-state index contributed by atoms with van der Waals surface area (Å²) < 4.78 is 33.9.